The number of hydrogen-bond donors (Lipinski definition) is 9. The van der Waals surface area contributed by atoms with Gasteiger partial charge in [0.2, 0.25) is 11.9 Å². The first-order valence-electron chi connectivity index (χ1n) is 18.0. The molecule has 4 aromatic rings. The lowest BCUT2D eigenvalue weighted by molar-refractivity contribution is 0.236. The van der Waals surface area contributed by atoms with Crippen molar-refractivity contribution in [3.05, 3.63) is 113 Å². The fraction of sp³-hybridized carbons (Fsp3) is 0.211. The highest BCUT2D eigenvalue weighted by Crippen LogP contribution is 2.37. The summed E-state index contributed by atoms with van der Waals surface area (Å²) in [5, 5.41) is 28.8. The molecule has 0 radical (unpaired) electrons. The van der Waals surface area contributed by atoms with Crippen molar-refractivity contribution in [2.75, 3.05) is 43.7 Å². The Morgan fingerprint density at radius 3 is 1.66 bits per heavy atom. The number of benzene rings is 4. The van der Waals surface area contributed by atoms with Crippen molar-refractivity contribution in [2.45, 2.75) is 35.0 Å². The molecule has 0 bridgehead atoms. The van der Waals surface area contributed by atoms with E-state index in [4.69, 9.17) is 5.73 Å². The van der Waals surface area contributed by atoms with Gasteiger partial charge in [0.1, 0.15) is 21.5 Å². The molecule has 0 saturated heterocycles. The second kappa shape index (κ2) is 18.3. The molecule has 2 heterocycles. The Bertz CT molecular complexity index is 2550. The SMILES string of the molecule is CNN1C(CCO)=NC(Nc2ccccc2)=NC1c1ccc(C=Cc2ccc(C3N=C(Nc4ccccc4)N=C(CCO)N3NC)c(N)c2S(=O)(=O)O)c(S(=O)(=O)O)c1. The first-order valence-corrected chi connectivity index (χ1v) is 20.9. The summed E-state index contributed by atoms with van der Waals surface area (Å²) in [5.74, 6) is 1.07. The van der Waals surface area contributed by atoms with Crippen LogP contribution in [0.3, 0.4) is 0 Å². The predicted octanol–water partition coefficient (Wildman–Crippen LogP) is 3.33. The number of hydrazine groups is 2. The molecule has 6 rings (SSSR count). The quantitative estimate of drug-likeness (QED) is 0.0500. The molecule has 310 valence electrons. The van der Waals surface area contributed by atoms with Crippen LogP contribution >= 0.6 is 0 Å². The van der Waals surface area contributed by atoms with E-state index in [0.717, 1.165) is 0 Å². The van der Waals surface area contributed by atoms with E-state index in [9.17, 15) is 36.2 Å². The van der Waals surface area contributed by atoms with Crippen molar-refractivity contribution < 1.29 is 36.2 Å². The summed E-state index contributed by atoms with van der Waals surface area (Å²) in [5.41, 5.74) is 13.8. The maximum atomic E-state index is 13.0. The van der Waals surface area contributed by atoms with Gasteiger partial charge in [-0.2, -0.15) is 26.8 Å². The number of aliphatic hydroxyl groups is 2. The summed E-state index contributed by atoms with van der Waals surface area (Å²) in [7, 11) is -6.74. The van der Waals surface area contributed by atoms with E-state index < -0.39 is 42.4 Å². The minimum absolute atomic E-state index is 0.0393. The minimum atomic E-state index is -5.03. The number of aliphatic imine (C=N–C) groups is 4. The fourth-order valence-electron chi connectivity index (χ4n) is 6.48. The van der Waals surface area contributed by atoms with Crippen LogP contribution in [0.15, 0.2) is 121 Å². The average molecular weight is 846 g/mol. The number of hydrogen-bond acceptors (Lipinski definition) is 17. The van der Waals surface area contributed by atoms with Gasteiger partial charge in [0.25, 0.3) is 20.2 Å². The molecule has 0 saturated carbocycles. The van der Waals surface area contributed by atoms with Gasteiger partial charge in [-0.15, -0.1) is 0 Å². The van der Waals surface area contributed by atoms with Crippen LogP contribution in [0.25, 0.3) is 12.2 Å². The van der Waals surface area contributed by atoms with E-state index in [1.165, 1.54) is 41.4 Å². The summed E-state index contributed by atoms with van der Waals surface area (Å²) >= 11 is 0. The molecular formula is C38H43N11O8S2. The third-order valence-corrected chi connectivity index (χ3v) is 11.0. The van der Waals surface area contributed by atoms with E-state index in [1.54, 1.807) is 49.4 Å². The van der Waals surface area contributed by atoms with Crippen LogP contribution in [0.2, 0.25) is 0 Å². The molecule has 0 aliphatic carbocycles. The molecule has 19 nitrogen and oxygen atoms in total. The third-order valence-electron chi connectivity index (χ3n) is 9.07. The lowest BCUT2D eigenvalue weighted by Gasteiger charge is -2.35. The summed E-state index contributed by atoms with van der Waals surface area (Å²) in [6, 6.07) is 25.2. The number of aliphatic hydroxyl groups excluding tert-OH is 2. The number of guanidine groups is 2. The van der Waals surface area contributed by atoms with Crippen molar-refractivity contribution in [3.63, 3.8) is 0 Å². The van der Waals surface area contributed by atoms with Gasteiger partial charge in [-0.05, 0) is 47.0 Å². The number of para-hydroxylation sites is 2. The standard InChI is InChI=1S/C38H43N11O8S2/c1-40-48-31(19-21-50)44-37(42-27-9-5-3-6-10-27)46-35(48)26-16-14-24(30(23-26)58(52,53)54)13-15-25-17-18-29(33(39)34(25)59(55,56)57)36-47-38(43-28-11-7-4-8-12-28)45-32(20-22-51)49(36)41-2/h3-18,23,35-36,40-41,50-51H,19-22,39H2,1-2H3,(H,42,46)(H,43,47)(H,52,53,54)(H,55,56,57). The van der Waals surface area contributed by atoms with Gasteiger partial charge >= 0.3 is 0 Å². The number of amidine groups is 2. The molecular weight excluding hydrogens is 803 g/mol. The molecule has 0 aromatic heterocycles. The topological polar surface area (TPSA) is 279 Å². The molecule has 2 unspecified atom stereocenters. The second-order valence-electron chi connectivity index (χ2n) is 12.9. The van der Waals surface area contributed by atoms with E-state index >= 15 is 0 Å². The number of nitrogens with one attached hydrogen (secondary N) is 4. The van der Waals surface area contributed by atoms with E-state index in [2.05, 4.69) is 41.5 Å². The van der Waals surface area contributed by atoms with Gasteiger partial charge in [-0.3, -0.25) is 19.1 Å². The van der Waals surface area contributed by atoms with Crippen LogP contribution < -0.4 is 27.2 Å². The normalized spacial score (nSPS) is 17.3. The Kier molecular flexibility index (Phi) is 13.2. The number of nitrogens with two attached hydrogens (primary N) is 1. The Balaban J connectivity index is 1.39. The van der Waals surface area contributed by atoms with Crippen LogP contribution in [0.4, 0.5) is 17.1 Å². The highest BCUT2D eigenvalue weighted by Gasteiger charge is 2.33. The molecule has 0 spiro atoms. The number of rotatable bonds is 14. The number of nitrogens with zero attached hydrogens (tertiary/aromatic N) is 6. The largest absolute Gasteiger partial charge is 0.397 e. The molecule has 2 aliphatic rings. The maximum absolute atomic E-state index is 13.0. The minimum Gasteiger partial charge on any atom is -0.397 e. The monoisotopic (exact) mass is 845 g/mol. The zero-order chi connectivity index (χ0) is 42.3. The van der Waals surface area contributed by atoms with Gasteiger partial charge in [-0.1, -0.05) is 72.8 Å². The Morgan fingerprint density at radius 1 is 0.678 bits per heavy atom. The van der Waals surface area contributed by atoms with Crippen molar-refractivity contribution in [3.8, 4) is 0 Å². The molecule has 0 amide bonds. The lowest BCUT2D eigenvalue weighted by Crippen LogP contribution is -2.46. The number of anilines is 3. The maximum Gasteiger partial charge on any atom is 0.297 e. The molecule has 21 heteroatoms. The molecule has 0 fully saturated rings. The Morgan fingerprint density at radius 2 is 1.17 bits per heavy atom. The van der Waals surface area contributed by atoms with Crippen LogP contribution in [0.5, 0.6) is 0 Å². The smallest absolute Gasteiger partial charge is 0.297 e. The van der Waals surface area contributed by atoms with Gasteiger partial charge in [0.15, 0.2) is 12.3 Å². The summed E-state index contributed by atoms with van der Waals surface area (Å²) in [6.07, 6.45) is 0.753. The van der Waals surface area contributed by atoms with E-state index in [0.29, 0.717) is 28.6 Å². The molecule has 59 heavy (non-hydrogen) atoms. The van der Waals surface area contributed by atoms with Crippen molar-refractivity contribution >= 4 is 73.0 Å². The van der Waals surface area contributed by atoms with Crippen molar-refractivity contribution in [2.24, 2.45) is 20.0 Å². The summed E-state index contributed by atoms with van der Waals surface area (Å²) < 4.78 is 72.6. The average Bonchev–Trinajstić information content (AvgIpc) is 3.20. The van der Waals surface area contributed by atoms with Crippen LogP contribution in [0.1, 0.15) is 47.4 Å². The fourth-order valence-corrected chi connectivity index (χ4v) is 8.03. The van der Waals surface area contributed by atoms with E-state index in [1.807, 2.05) is 36.4 Å². The first kappa shape index (κ1) is 42.6. The Labute approximate surface area is 340 Å². The summed E-state index contributed by atoms with van der Waals surface area (Å²) in [6.45, 7) is -0.510. The molecule has 2 aliphatic heterocycles. The van der Waals surface area contributed by atoms with Crippen LogP contribution in [-0.2, 0) is 20.2 Å². The second-order valence-corrected chi connectivity index (χ2v) is 15.6. The number of nitrogen functional groups attached to an aromatic ring is 1. The highest BCUT2D eigenvalue weighted by molar-refractivity contribution is 7.86. The van der Waals surface area contributed by atoms with E-state index in [-0.39, 0.29) is 60.4 Å². The summed E-state index contributed by atoms with van der Waals surface area (Å²) in [4.78, 5) is 17.2. The zero-order valence-electron chi connectivity index (χ0n) is 31.8. The highest BCUT2D eigenvalue weighted by atomic mass is 32.2. The van der Waals surface area contributed by atoms with Crippen LogP contribution in [0, 0.1) is 0 Å². The van der Waals surface area contributed by atoms with Gasteiger partial charge in [-0.25, -0.2) is 20.8 Å². The first-order chi connectivity index (χ1) is 28.2. The van der Waals surface area contributed by atoms with Gasteiger partial charge in [0.05, 0.1) is 18.9 Å². The molecule has 2 atom stereocenters. The molecule has 4 aromatic carbocycles. The third kappa shape index (κ3) is 9.81. The van der Waals surface area contributed by atoms with Gasteiger partial charge < -0.3 is 26.6 Å². The zero-order valence-corrected chi connectivity index (χ0v) is 33.4. The van der Waals surface area contributed by atoms with Gasteiger partial charge in [0, 0.05) is 43.9 Å². The van der Waals surface area contributed by atoms with Crippen molar-refractivity contribution in [1.29, 1.82) is 0 Å². The van der Waals surface area contributed by atoms with Crippen LogP contribution in [-0.4, -0.2) is 97.1 Å². The predicted molar refractivity (Wildman–Crippen MR) is 226 cm³/mol. The Hall–Kier alpha value is -6.04. The lowest BCUT2D eigenvalue weighted by atomic mass is 10.0. The van der Waals surface area contributed by atoms with Crippen molar-refractivity contribution in [1.82, 2.24) is 20.9 Å². The molecule has 10 N–H and O–H groups in total.